The van der Waals surface area contributed by atoms with Gasteiger partial charge in [-0.1, -0.05) is 24.0 Å². The van der Waals surface area contributed by atoms with Crippen molar-refractivity contribution in [1.82, 2.24) is 4.90 Å². The van der Waals surface area contributed by atoms with Crippen molar-refractivity contribution in [2.45, 2.75) is 12.8 Å². The second kappa shape index (κ2) is 8.87. The predicted octanol–water partition coefficient (Wildman–Crippen LogP) is 2.86. The van der Waals surface area contributed by atoms with E-state index in [0.29, 0.717) is 33.7 Å². The molecule has 0 spiro atoms. The fourth-order valence-electron chi connectivity index (χ4n) is 2.26. The summed E-state index contributed by atoms with van der Waals surface area (Å²) in [6.45, 7) is 0.386. The van der Waals surface area contributed by atoms with Gasteiger partial charge in [0.2, 0.25) is 0 Å². The molecule has 1 aliphatic heterocycles. The lowest BCUT2D eigenvalue weighted by atomic mass is 10.1. The van der Waals surface area contributed by atoms with Crippen molar-refractivity contribution in [3.05, 3.63) is 28.7 Å². The molecule has 6 nitrogen and oxygen atoms in total. The number of nitrogens with zero attached hydrogens (tertiary/aromatic N) is 1. The molecule has 0 N–H and O–H groups in total. The van der Waals surface area contributed by atoms with Crippen LogP contribution in [0, 0.1) is 0 Å². The maximum absolute atomic E-state index is 12.6. The highest BCUT2D eigenvalue weighted by molar-refractivity contribution is 8.26. The summed E-state index contributed by atoms with van der Waals surface area (Å²) in [5, 5.41) is 0. The zero-order chi connectivity index (χ0) is 18.4. The number of hydrogen-bond donors (Lipinski definition) is 0. The number of methoxy groups -OCH3 is 3. The molecule has 0 aromatic heterocycles. The first-order valence-electron chi connectivity index (χ1n) is 7.54. The Hall–Kier alpha value is -2.06. The van der Waals surface area contributed by atoms with E-state index < -0.39 is 0 Å². The van der Waals surface area contributed by atoms with E-state index in [1.54, 1.807) is 32.4 Å². The second-order valence-electron chi connectivity index (χ2n) is 5.12. The molecule has 1 amide bonds. The molecule has 1 heterocycles. The quantitative estimate of drug-likeness (QED) is 0.409. The molecule has 1 fully saturated rings. The molecule has 0 bridgehead atoms. The highest BCUT2D eigenvalue weighted by Crippen LogP contribution is 2.35. The number of esters is 1. The number of carbonyl (C=O) groups is 2. The molecule has 0 atom stereocenters. The van der Waals surface area contributed by atoms with E-state index >= 15 is 0 Å². The number of thioether (sulfide) groups is 1. The molecule has 0 aliphatic carbocycles. The molecule has 1 aliphatic rings. The first-order valence-corrected chi connectivity index (χ1v) is 8.76. The van der Waals surface area contributed by atoms with Crippen molar-refractivity contribution in [3.63, 3.8) is 0 Å². The van der Waals surface area contributed by atoms with Gasteiger partial charge >= 0.3 is 5.97 Å². The molecular weight excluding hydrogens is 362 g/mol. The van der Waals surface area contributed by atoms with E-state index in [0.717, 1.165) is 5.56 Å². The Morgan fingerprint density at radius 2 is 2.04 bits per heavy atom. The van der Waals surface area contributed by atoms with Gasteiger partial charge in [0.05, 0.1) is 26.2 Å². The van der Waals surface area contributed by atoms with E-state index in [4.69, 9.17) is 21.7 Å². The van der Waals surface area contributed by atoms with Crippen LogP contribution in [0.3, 0.4) is 0 Å². The summed E-state index contributed by atoms with van der Waals surface area (Å²) >= 11 is 6.52. The standard InChI is InChI=1S/C17H19NO5S2/c1-21-12-7-6-11(13(10-12)22-2)9-14-16(20)18(17(24)25-14)8-4-5-15(19)23-3/h6-7,9-10H,4-5,8H2,1-3H3/b14-9-. The van der Waals surface area contributed by atoms with E-state index in [1.807, 2.05) is 6.07 Å². The van der Waals surface area contributed by atoms with Crippen LogP contribution in [-0.4, -0.2) is 49.0 Å². The van der Waals surface area contributed by atoms with Crippen LogP contribution in [0.5, 0.6) is 11.5 Å². The van der Waals surface area contributed by atoms with E-state index in [1.165, 1.54) is 23.8 Å². The highest BCUT2D eigenvalue weighted by atomic mass is 32.2. The first-order chi connectivity index (χ1) is 12.0. The third-order valence-corrected chi connectivity index (χ3v) is 4.97. The minimum absolute atomic E-state index is 0.169. The number of rotatable bonds is 7. The summed E-state index contributed by atoms with van der Waals surface area (Å²) < 4.78 is 15.6. The lowest BCUT2D eigenvalue weighted by molar-refractivity contribution is -0.141. The van der Waals surface area contributed by atoms with Gasteiger partial charge in [0.25, 0.3) is 5.91 Å². The van der Waals surface area contributed by atoms with Crippen LogP contribution < -0.4 is 9.47 Å². The second-order valence-corrected chi connectivity index (χ2v) is 6.80. The Bertz CT molecular complexity index is 717. The fourth-order valence-corrected chi connectivity index (χ4v) is 3.55. The van der Waals surface area contributed by atoms with Crippen molar-refractivity contribution in [2.24, 2.45) is 0 Å². The van der Waals surface area contributed by atoms with Gasteiger partial charge in [0.1, 0.15) is 15.8 Å². The number of hydrogen-bond acceptors (Lipinski definition) is 7. The summed E-state index contributed by atoms with van der Waals surface area (Å²) in [5.74, 6) is 0.807. The monoisotopic (exact) mass is 381 g/mol. The van der Waals surface area contributed by atoms with Crippen LogP contribution in [0.15, 0.2) is 23.1 Å². The molecule has 1 aromatic rings. The topological polar surface area (TPSA) is 65.1 Å². The largest absolute Gasteiger partial charge is 0.497 e. The van der Waals surface area contributed by atoms with Crippen LogP contribution in [0.1, 0.15) is 18.4 Å². The molecule has 134 valence electrons. The summed E-state index contributed by atoms with van der Waals surface area (Å²) in [5.41, 5.74) is 0.762. The lowest BCUT2D eigenvalue weighted by Gasteiger charge is -2.13. The number of benzene rings is 1. The fraction of sp³-hybridized carbons (Fsp3) is 0.353. The van der Waals surface area contributed by atoms with E-state index in [2.05, 4.69) is 4.74 Å². The number of ether oxygens (including phenoxy) is 3. The van der Waals surface area contributed by atoms with Crippen molar-refractivity contribution < 1.29 is 23.8 Å². The van der Waals surface area contributed by atoms with Gasteiger partial charge in [-0.2, -0.15) is 0 Å². The average Bonchev–Trinajstić information content (AvgIpc) is 2.89. The maximum Gasteiger partial charge on any atom is 0.305 e. The molecular formula is C17H19NO5S2. The zero-order valence-electron chi connectivity index (χ0n) is 14.2. The first kappa shape index (κ1) is 19.3. The zero-order valence-corrected chi connectivity index (χ0v) is 15.9. The van der Waals surface area contributed by atoms with Gasteiger partial charge in [0.15, 0.2) is 0 Å². The minimum atomic E-state index is -0.302. The van der Waals surface area contributed by atoms with Crippen molar-refractivity contribution in [3.8, 4) is 11.5 Å². The van der Waals surface area contributed by atoms with Gasteiger partial charge < -0.3 is 14.2 Å². The van der Waals surface area contributed by atoms with Gasteiger partial charge in [0, 0.05) is 24.6 Å². The van der Waals surface area contributed by atoms with E-state index in [-0.39, 0.29) is 18.3 Å². The van der Waals surface area contributed by atoms with Crippen molar-refractivity contribution in [2.75, 3.05) is 27.9 Å². The van der Waals surface area contributed by atoms with Crippen molar-refractivity contribution >= 4 is 46.3 Å². The molecule has 1 saturated heterocycles. The highest BCUT2D eigenvalue weighted by Gasteiger charge is 2.31. The van der Waals surface area contributed by atoms with Gasteiger partial charge in [-0.15, -0.1) is 0 Å². The predicted molar refractivity (Wildman–Crippen MR) is 101 cm³/mol. The molecule has 8 heteroatoms. The van der Waals surface area contributed by atoms with Gasteiger partial charge in [-0.3, -0.25) is 14.5 Å². The molecule has 0 radical (unpaired) electrons. The normalized spacial score (nSPS) is 15.6. The van der Waals surface area contributed by atoms with Crippen LogP contribution in [0.25, 0.3) is 6.08 Å². The third-order valence-electron chi connectivity index (χ3n) is 3.59. The number of amides is 1. The van der Waals surface area contributed by atoms with E-state index in [9.17, 15) is 9.59 Å². The van der Waals surface area contributed by atoms with Gasteiger partial charge in [-0.05, 0) is 24.6 Å². The Balaban J connectivity index is 2.13. The maximum atomic E-state index is 12.6. The van der Waals surface area contributed by atoms with Crippen LogP contribution in [0.4, 0.5) is 0 Å². The van der Waals surface area contributed by atoms with Crippen LogP contribution in [-0.2, 0) is 14.3 Å². The summed E-state index contributed by atoms with van der Waals surface area (Å²) in [6.07, 6.45) is 2.50. The van der Waals surface area contributed by atoms with Crippen LogP contribution in [0.2, 0.25) is 0 Å². The molecule has 1 aromatic carbocycles. The summed E-state index contributed by atoms with van der Waals surface area (Å²) in [6, 6.07) is 5.37. The van der Waals surface area contributed by atoms with Gasteiger partial charge in [-0.25, -0.2) is 0 Å². The smallest absolute Gasteiger partial charge is 0.305 e. The van der Waals surface area contributed by atoms with Crippen molar-refractivity contribution in [1.29, 1.82) is 0 Å². The average molecular weight is 381 g/mol. The number of thiocarbonyl (C=S) groups is 1. The Labute approximate surface area is 156 Å². The number of carbonyl (C=O) groups excluding carboxylic acids is 2. The Kier molecular flexibility index (Phi) is 6.83. The SMILES string of the molecule is COC(=O)CCCN1C(=O)/C(=C/c2ccc(OC)cc2OC)SC1=S. The third kappa shape index (κ3) is 4.73. The molecule has 0 unspecified atom stereocenters. The molecule has 2 rings (SSSR count). The summed E-state index contributed by atoms with van der Waals surface area (Å²) in [7, 11) is 4.48. The lowest BCUT2D eigenvalue weighted by Crippen LogP contribution is -2.29. The Morgan fingerprint density at radius 3 is 2.68 bits per heavy atom. The minimum Gasteiger partial charge on any atom is -0.497 e. The van der Waals surface area contributed by atoms with Crippen LogP contribution >= 0.6 is 24.0 Å². The molecule has 25 heavy (non-hydrogen) atoms. The Morgan fingerprint density at radius 1 is 1.28 bits per heavy atom. The summed E-state index contributed by atoms with van der Waals surface area (Å²) in [4.78, 5) is 25.8. The molecule has 0 saturated carbocycles.